The van der Waals surface area contributed by atoms with Crippen molar-refractivity contribution in [1.82, 2.24) is 0 Å². The van der Waals surface area contributed by atoms with Crippen molar-refractivity contribution >= 4 is 29.2 Å². The van der Waals surface area contributed by atoms with Crippen LogP contribution in [0.5, 0.6) is 0 Å². The Labute approximate surface area is 173 Å². The Morgan fingerprint density at radius 2 is 1.80 bits per heavy atom. The second kappa shape index (κ2) is 9.15. The minimum absolute atomic E-state index is 0.360. The van der Waals surface area contributed by atoms with Crippen LogP contribution in [0.1, 0.15) is 11.3 Å². The molecular formula is C22H21N3O5. The number of hydrogen-bond donors (Lipinski definition) is 2. The number of cyclic esters (lactones) is 1. The lowest BCUT2D eigenvalue weighted by Crippen LogP contribution is -2.24. The topological polar surface area (TPSA) is 93.0 Å². The summed E-state index contributed by atoms with van der Waals surface area (Å²) in [5, 5.41) is 5.58. The van der Waals surface area contributed by atoms with E-state index in [1.54, 1.807) is 36.6 Å². The highest BCUT2D eigenvalue weighted by molar-refractivity contribution is 6.00. The maximum atomic E-state index is 12.4. The summed E-state index contributed by atoms with van der Waals surface area (Å²) >= 11 is 0. The number of nitrogens with one attached hydrogen (secondary N) is 2. The van der Waals surface area contributed by atoms with Gasteiger partial charge >= 0.3 is 12.1 Å². The van der Waals surface area contributed by atoms with Crippen molar-refractivity contribution in [3.63, 3.8) is 0 Å². The van der Waals surface area contributed by atoms with Gasteiger partial charge in [0.2, 0.25) is 0 Å². The van der Waals surface area contributed by atoms with Crippen LogP contribution < -0.4 is 15.5 Å². The average Bonchev–Trinajstić information content (AvgIpc) is 3.40. The van der Waals surface area contributed by atoms with E-state index < -0.39 is 0 Å². The Morgan fingerprint density at radius 1 is 1.00 bits per heavy atom. The van der Waals surface area contributed by atoms with Gasteiger partial charge in [-0.2, -0.15) is 0 Å². The molecule has 0 radical (unpaired) electrons. The van der Waals surface area contributed by atoms with Crippen LogP contribution in [-0.4, -0.2) is 25.3 Å². The first-order valence-electron chi connectivity index (χ1n) is 9.49. The lowest BCUT2D eigenvalue weighted by Gasteiger charge is -2.14. The number of hydrogen-bond acceptors (Lipinski definition) is 5. The number of nitrogens with zero attached hydrogens (tertiary/aromatic N) is 1. The van der Waals surface area contributed by atoms with Crippen LogP contribution in [0.4, 0.5) is 26.7 Å². The number of benzene rings is 2. The molecule has 2 aromatic carbocycles. The molecule has 8 nitrogen and oxygen atoms in total. The van der Waals surface area contributed by atoms with Gasteiger partial charge < -0.3 is 24.5 Å². The molecule has 0 spiro atoms. The molecular weight excluding hydrogens is 386 g/mol. The Morgan fingerprint density at radius 3 is 2.53 bits per heavy atom. The monoisotopic (exact) mass is 407 g/mol. The van der Waals surface area contributed by atoms with E-state index in [9.17, 15) is 9.59 Å². The van der Waals surface area contributed by atoms with Crippen LogP contribution in [-0.2, 0) is 22.7 Å². The van der Waals surface area contributed by atoms with Gasteiger partial charge in [-0.3, -0.25) is 4.90 Å². The predicted molar refractivity (Wildman–Crippen MR) is 111 cm³/mol. The summed E-state index contributed by atoms with van der Waals surface area (Å²) in [5.41, 5.74) is 2.81. The zero-order valence-corrected chi connectivity index (χ0v) is 16.2. The van der Waals surface area contributed by atoms with Gasteiger partial charge in [-0.25, -0.2) is 9.59 Å². The zero-order chi connectivity index (χ0) is 20.8. The molecule has 3 aromatic rings. The number of urea groups is 1. The number of amides is 3. The van der Waals surface area contributed by atoms with Gasteiger partial charge in [0.1, 0.15) is 19.0 Å². The first kappa shape index (κ1) is 19.5. The Balaban J connectivity index is 1.32. The van der Waals surface area contributed by atoms with Gasteiger partial charge in [0.05, 0.1) is 19.4 Å². The predicted octanol–water partition coefficient (Wildman–Crippen LogP) is 4.60. The minimum atomic E-state index is -0.386. The van der Waals surface area contributed by atoms with E-state index in [0.717, 1.165) is 11.3 Å². The van der Waals surface area contributed by atoms with Gasteiger partial charge in [0.25, 0.3) is 0 Å². The molecule has 1 aromatic heterocycles. The third-order valence-electron chi connectivity index (χ3n) is 4.45. The molecule has 8 heteroatoms. The quantitative estimate of drug-likeness (QED) is 0.597. The molecule has 1 saturated heterocycles. The lowest BCUT2D eigenvalue weighted by molar-refractivity contribution is 0.0930. The van der Waals surface area contributed by atoms with Crippen molar-refractivity contribution in [3.05, 3.63) is 78.3 Å². The highest BCUT2D eigenvalue weighted by Gasteiger charge is 2.23. The molecule has 2 N–H and O–H groups in total. The summed E-state index contributed by atoms with van der Waals surface area (Å²) in [6, 6.07) is 17.7. The fraction of sp³-hybridized carbons (Fsp3) is 0.182. The van der Waals surface area contributed by atoms with Crippen LogP contribution in [0.2, 0.25) is 0 Å². The highest BCUT2D eigenvalue weighted by Crippen LogP contribution is 2.22. The summed E-state index contributed by atoms with van der Waals surface area (Å²) < 4.78 is 15.8. The van der Waals surface area contributed by atoms with E-state index in [1.165, 1.54) is 4.90 Å². The highest BCUT2D eigenvalue weighted by atomic mass is 16.6. The average molecular weight is 407 g/mol. The number of carbonyl (C=O) groups is 2. The van der Waals surface area contributed by atoms with E-state index in [2.05, 4.69) is 10.6 Å². The number of furan rings is 1. The summed E-state index contributed by atoms with van der Waals surface area (Å²) in [7, 11) is 0. The molecule has 1 aliphatic rings. The Hall–Kier alpha value is -3.78. The molecule has 4 rings (SSSR count). The van der Waals surface area contributed by atoms with Gasteiger partial charge in [0, 0.05) is 17.1 Å². The standard InChI is InChI=1S/C22H21N3O5/c26-21(24-18-6-2-7-19(13-18)25-9-11-30-22(25)27)23-17-5-1-4-16(12-17)14-28-15-20-8-3-10-29-20/h1-8,10,12-13H,9,11,14-15H2,(H2,23,24,26). The largest absolute Gasteiger partial charge is 0.467 e. The van der Waals surface area contributed by atoms with E-state index in [4.69, 9.17) is 13.9 Å². The number of anilines is 3. The molecule has 0 unspecified atom stereocenters. The van der Waals surface area contributed by atoms with Crippen LogP contribution in [0.15, 0.2) is 71.3 Å². The molecule has 0 aliphatic carbocycles. The third kappa shape index (κ3) is 4.98. The van der Waals surface area contributed by atoms with Gasteiger partial charge in [-0.15, -0.1) is 0 Å². The van der Waals surface area contributed by atoms with E-state index >= 15 is 0 Å². The minimum Gasteiger partial charge on any atom is -0.467 e. The van der Waals surface area contributed by atoms with Crippen LogP contribution in [0.3, 0.4) is 0 Å². The van der Waals surface area contributed by atoms with E-state index in [-0.39, 0.29) is 12.1 Å². The SMILES string of the molecule is O=C(Nc1cccc(COCc2ccco2)c1)Nc1cccc(N2CCOC2=O)c1. The number of ether oxygens (including phenoxy) is 2. The summed E-state index contributed by atoms with van der Waals surface area (Å²) in [4.78, 5) is 25.6. The van der Waals surface area contributed by atoms with Gasteiger partial charge in [-0.05, 0) is 48.0 Å². The Bertz CT molecular complexity index is 1020. The maximum absolute atomic E-state index is 12.4. The maximum Gasteiger partial charge on any atom is 0.414 e. The molecule has 0 atom stereocenters. The van der Waals surface area contributed by atoms with Crippen LogP contribution in [0, 0.1) is 0 Å². The number of carbonyl (C=O) groups excluding carboxylic acids is 2. The molecule has 154 valence electrons. The van der Waals surface area contributed by atoms with Crippen molar-refractivity contribution < 1.29 is 23.5 Å². The van der Waals surface area contributed by atoms with E-state index in [1.807, 2.05) is 30.3 Å². The van der Waals surface area contributed by atoms with Gasteiger partial charge in [-0.1, -0.05) is 18.2 Å². The Kier molecular flexibility index (Phi) is 5.95. The van der Waals surface area contributed by atoms with Crippen molar-refractivity contribution in [2.75, 3.05) is 28.7 Å². The first-order valence-corrected chi connectivity index (χ1v) is 9.49. The summed E-state index contributed by atoms with van der Waals surface area (Å²) in [5.74, 6) is 0.757. The third-order valence-corrected chi connectivity index (χ3v) is 4.45. The van der Waals surface area contributed by atoms with Gasteiger partial charge in [0.15, 0.2) is 0 Å². The smallest absolute Gasteiger partial charge is 0.414 e. The zero-order valence-electron chi connectivity index (χ0n) is 16.2. The fourth-order valence-electron chi connectivity index (χ4n) is 3.08. The molecule has 1 fully saturated rings. The summed E-state index contributed by atoms with van der Waals surface area (Å²) in [6.07, 6.45) is 1.22. The summed E-state index contributed by atoms with van der Waals surface area (Å²) in [6.45, 7) is 1.62. The molecule has 0 saturated carbocycles. The second-order valence-corrected chi connectivity index (χ2v) is 6.67. The van der Waals surface area contributed by atoms with Crippen molar-refractivity contribution in [1.29, 1.82) is 0 Å². The van der Waals surface area contributed by atoms with Crippen molar-refractivity contribution in [2.24, 2.45) is 0 Å². The van der Waals surface area contributed by atoms with Crippen molar-refractivity contribution in [3.8, 4) is 0 Å². The second-order valence-electron chi connectivity index (χ2n) is 6.67. The normalized spacial score (nSPS) is 13.2. The lowest BCUT2D eigenvalue weighted by atomic mass is 10.2. The fourth-order valence-corrected chi connectivity index (χ4v) is 3.08. The van der Waals surface area contributed by atoms with Crippen LogP contribution >= 0.6 is 0 Å². The van der Waals surface area contributed by atoms with E-state index in [0.29, 0.717) is 43.4 Å². The molecule has 0 bridgehead atoms. The number of rotatable bonds is 7. The van der Waals surface area contributed by atoms with Crippen molar-refractivity contribution in [2.45, 2.75) is 13.2 Å². The molecule has 30 heavy (non-hydrogen) atoms. The van der Waals surface area contributed by atoms with Crippen LogP contribution in [0.25, 0.3) is 0 Å². The molecule has 1 aliphatic heterocycles. The molecule has 3 amide bonds. The molecule has 2 heterocycles. The first-order chi connectivity index (χ1) is 14.7.